The van der Waals surface area contributed by atoms with Gasteiger partial charge in [-0.25, -0.2) is 9.18 Å². The number of nitrogens with zero attached hydrogens (tertiary/aromatic N) is 1. The van der Waals surface area contributed by atoms with Gasteiger partial charge in [0, 0.05) is 11.1 Å². The second kappa shape index (κ2) is 8.05. The summed E-state index contributed by atoms with van der Waals surface area (Å²) in [7, 11) is 0. The molecule has 0 spiro atoms. The summed E-state index contributed by atoms with van der Waals surface area (Å²) in [4.78, 5) is 13.2. The van der Waals surface area contributed by atoms with Crippen molar-refractivity contribution in [2.75, 3.05) is 11.9 Å². The number of amides is 1. The van der Waals surface area contributed by atoms with E-state index in [1.807, 2.05) is 0 Å². The maximum atomic E-state index is 13.9. The van der Waals surface area contributed by atoms with Crippen LogP contribution < -0.4 is 5.32 Å². The van der Waals surface area contributed by atoms with E-state index in [2.05, 4.69) is 5.32 Å². The van der Waals surface area contributed by atoms with Crippen molar-refractivity contribution < 1.29 is 40.3 Å². The number of anilines is 1. The second-order valence-corrected chi connectivity index (χ2v) is 7.60. The molecule has 1 aliphatic rings. The molecule has 4 nitrogen and oxygen atoms in total. The number of aromatic nitrogens is 1. The molecule has 1 unspecified atom stereocenters. The monoisotopic (exact) mass is 474 g/mol. The Bertz CT molecular complexity index is 1200. The van der Waals surface area contributed by atoms with Gasteiger partial charge in [0.1, 0.15) is 5.82 Å². The minimum Gasteiger partial charge on any atom is -0.372 e. The summed E-state index contributed by atoms with van der Waals surface area (Å²) >= 11 is 0. The fourth-order valence-corrected chi connectivity index (χ4v) is 4.07. The second-order valence-electron chi connectivity index (χ2n) is 7.60. The fourth-order valence-electron chi connectivity index (χ4n) is 4.07. The van der Waals surface area contributed by atoms with Crippen molar-refractivity contribution in [2.24, 2.45) is 0 Å². The first-order valence-corrected chi connectivity index (χ1v) is 9.95. The third kappa shape index (κ3) is 4.29. The Labute approximate surface area is 182 Å². The van der Waals surface area contributed by atoms with Gasteiger partial charge in [0.15, 0.2) is 0 Å². The van der Waals surface area contributed by atoms with Gasteiger partial charge in [-0.05, 0) is 54.8 Å². The topological polar surface area (TPSA) is 43.3 Å². The summed E-state index contributed by atoms with van der Waals surface area (Å²) in [5.74, 6) is -0.546. The number of hydrogen-bond donors (Lipinski definition) is 1. The van der Waals surface area contributed by atoms with Crippen LogP contribution in [-0.2, 0) is 23.5 Å². The Kier molecular flexibility index (Phi) is 5.63. The highest BCUT2D eigenvalue weighted by Gasteiger charge is 2.37. The average molecular weight is 474 g/mol. The minimum absolute atomic E-state index is 0.0215. The first kappa shape index (κ1) is 23.1. The van der Waals surface area contributed by atoms with E-state index in [0.29, 0.717) is 48.2 Å². The molecule has 1 atom stereocenters. The van der Waals surface area contributed by atoms with Crippen LogP contribution in [0.15, 0.2) is 36.4 Å². The first-order chi connectivity index (χ1) is 15.4. The normalized spacial score (nSPS) is 16.7. The van der Waals surface area contributed by atoms with Crippen LogP contribution in [-0.4, -0.2) is 17.2 Å². The van der Waals surface area contributed by atoms with Crippen LogP contribution in [0.25, 0.3) is 10.9 Å². The lowest BCUT2D eigenvalue weighted by Gasteiger charge is -2.25. The molecule has 1 aliphatic heterocycles. The van der Waals surface area contributed by atoms with Gasteiger partial charge in [0.2, 0.25) is 0 Å². The lowest BCUT2D eigenvalue weighted by molar-refractivity contribution is -0.143. The number of rotatable bonds is 2. The molecule has 0 saturated carbocycles. The summed E-state index contributed by atoms with van der Waals surface area (Å²) in [6.07, 6.45) is -9.85. The van der Waals surface area contributed by atoms with Crippen molar-refractivity contribution in [1.82, 2.24) is 4.57 Å². The molecule has 176 valence electrons. The summed E-state index contributed by atoms with van der Waals surface area (Å²) in [5.41, 5.74) is -2.47. The summed E-state index contributed by atoms with van der Waals surface area (Å²) in [5, 5.41) is 2.58. The van der Waals surface area contributed by atoms with Crippen molar-refractivity contribution in [2.45, 2.75) is 38.2 Å². The quantitative estimate of drug-likeness (QED) is 0.410. The van der Waals surface area contributed by atoms with Gasteiger partial charge in [-0.1, -0.05) is 6.92 Å². The van der Waals surface area contributed by atoms with E-state index in [1.165, 1.54) is 12.1 Å². The van der Waals surface area contributed by atoms with E-state index in [0.717, 1.165) is 10.6 Å². The Morgan fingerprint density at radius 3 is 2.27 bits per heavy atom. The van der Waals surface area contributed by atoms with E-state index in [9.17, 15) is 35.5 Å². The van der Waals surface area contributed by atoms with Gasteiger partial charge in [0.05, 0.1) is 35.0 Å². The smallest absolute Gasteiger partial charge is 0.372 e. The van der Waals surface area contributed by atoms with Gasteiger partial charge < -0.3 is 10.1 Å². The van der Waals surface area contributed by atoms with Gasteiger partial charge in [-0.2, -0.15) is 26.3 Å². The molecule has 0 saturated heterocycles. The fraction of sp³-hybridized carbons (Fsp3) is 0.318. The molecule has 1 amide bonds. The predicted octanol–water partition coefficient (Wildman–Crippen LogP) is 6.92. The van der Waals surface area contributed by atoms with Crippen LogP contribution in [0.4, 0.5) is 41.2 Å². The van der Waals surface area contributed by atoms with E-state index in [-0.39, 0.29) is 11.6 Å². The van der Waals surface area contributed by atoms with Gasteiger partial charge >= 0.3 is 18.4 Å². The number of fused-ring (bicyclic) bond motifs is 3. The van der Waals surface area contributed by atoms with Crippen LogP contribution in [0.5, 0.6) is 0 Å². The van der Waals surface area contributed by atoms with Crippen LogP contribution in [0.1, 0.15) is 41.8 Å². The summed E-state index contributed by atoms with van der Waals surface area (Å²) in [6, 6.07) is 3.55. The molecule has 1 aromatic heterocycles. The minimum atomic E-state index is -5.06. The number of hydrogen-bond acceptors (Lipinski definition) is 2. The number of carbonyl (C=O) groups excluding carboxylic acids is 1. The third-order valence-electron chi connectivity index (χ3n) is 5.46. The molecule has 33 heavy (non-hydrogen) atoms. The molecule has 0 fully saturated rings. The molecular weight excluding hydrogens is 457 g/mol. The Morgan fingerprint density at radius 2 is 1.70 bits per heavy atom. The van der Waals surface area contributed by atoms with Crippen LogP contribution in [0.3, 0.4) is 0 Å². The molecule has 3 aromatic rings. The maximum absolute atomic E-state index is 13.9. The number of nitrogens with one attached hydrogen (secondary N) is 1. The van der Waals surface area contributed by atoms with Crippen molar-refractivity contribution >= 4 is 22.6 Å². The lowest BCUT2D eigenvalue weighted by Crippen LogP contribution is -2.26. The maximum Gasteiger partial charge on any atom is 0.416 e. The molecule has 0 aliphatic carbocycles. The van der Waals surface area contributed by atoms with Gasteiger partial charge in [-0.15, -0.1) is 0 Å². The summed E-state index contributed by atoms with van der Waals surface area (Å²) in [6.45, 7) is 2.12. The Morgan fingerprint density at radius 1 is 1.06 bits per heavy atom. The number of carbonyl (C=O) groups is 1. The highest BCUT2D eigenvalue weighted by Crippen LogP contribution is 2.39. The van der Waals surface area contributed by atoms with E-state index in [4.69, 9.17) is 4.74 Å². The Hall–Kier alpha value is -3.08. The number of halogens is 7. The largest absolute Gasteiger partial charge is 0.416 e. The molecule has 2 heterocycles. The third-order valence-corrected chi connectivity index (χ3v) is 5.46. The van der Waals surface area contributed by atoms with Gasteiger partial charge in [-0.3, -0.25) is 4.57 Å². The molecule has 1 N–H and O–H groups in total. The van der Waals surface area contributed by atoms with E-state index < -0.39 is 47.1 Å². The molecule has 2 aromatic carbocycles. The molecular formula is C22H17F7N2O2. The zero-order valence-electron chi connectivity index (χ0n) is 17.1. The standard InChI is InChI=1S/C22H17F7N2O2/c1-2-18-19-15(5-6-33-18)16-10-13(23)3-4-17(16)31(19)20(32)30-14-8-11(21(24,25)26)7-12(9-14)22(27,28)29/h3-4,7-10,18H,2,5-6H2,1H3,(H,30,32). The van der Waals surface area contributed by atoms with E-state index in [1.54, 1.807) is 6.92 Å². The molecule has 0 radical (unpaired) electrons. The summed E-state index contributed by atoms with van der Waals surface area (Å²) < 4.78 is 99.8. The van der Waals surface area contributed by atoms with E-state index >= 15 is 0 Å². The SMILES string of the molecule is CCC1OCCc2c1n(C(=O)Nc1cc(C(F)(F)F)cc(C(F)(F)F)c1)c1ccc(F)cc21. The number of ether oxygens (including phenoxy) is 1. The zero-order chi connectivity index (χ0) is 24.1. The number of benzene rings is 2. The van der Waals surface area contributed by atoms with Crippen molar-refractivity contribution in [3.63, 3.8) is 0 Å². The predicted molar refractivity (Wildman–Crippen MR) is 105 cm³/mol. The van der Waals surface area contributed by atoms with Gasteiger partial charge in [0.25, 0.3) is 0 Å². The lowest BCUT2D eigenvalue weighted by atomic mass is 10.0. The molecule has 0 bridgehead atoms. The van der Waals surface area contributed by atoms with Crippen LogP contribution in [0.2, 0.25) is 0 Å². The Balaban J connectivity index is 1.84. The van der Waals surface area contributed by atoms with Crippen molar-refractivity contribution in [1.29, 1.82) is 0 Å². The highest BCUT2D eigenvalue weighted by molar-refractivity contribution is 6.01. The molecule has 11 heteroatoms. The number of alkyl halides is 6. The van der Waals surface area contributed by atoms with Crippen molar-refractivity contribution in [3.05, 3.63) is 64.6 Å². The van der Waals surface area contributed by atoms with Crippen molar-refractivity contribution in [3.8, 4) is 0 Å². The van der Waals surface area contributed by atoms with Crippen LogP contribution in [0, 0.1) is 5.82 Å². The highest BCUT2D eigenvalue weighted by atomic mass is 19.4. The molecule has 4 rings (SSSR count). The first-order valence-electron chi connectivity index (χ1n) is 9.95. The van der Waals surface area contributed by atoms with Crippen LogP contribution >= 0.6 is 0 Å². The average Bonchev–Trinajstić information content (AvgIpc) is 3.06. The zero-order valence-corrected chi connectivity index (χ0v) is 17.1.